The maximum absolute atomic E-state index is 12.3. The molecule has 0 saturated carbocycles. The lowest BCUT2D eigenvalue weighted by Crippen LogP contribution is -2.39. The standard InChI is InChI=1S/C18H19N3O3.CH3I/c1-19-12-6-8-13(9-7-12)20-10-14(22)11-21-17(23)15-4-2-3-5-16(15)18(21)24;1-2/h2-9,14,19-20,22H,10-11H2,1H3;1H3/t14-;/m1./s1/i;1D. The zero-order valence-electron chi connectivity index (χ0n) is 15.4. The van der Waals surface area contributed by atoms with Gasteiger partial charge >= 0.3 is 0 Å². The predicted molar refractivity (Wildman–Crippen MR) is 112 cm³/mol. The van der Waals surface area contributed by atoms with Crippen LogP contribution in [0.25, 0.3) is 0 Å². The first-order valence-corrected chi connectivity index (χ1v) is 9.54. The fourth-order valence-corrected chi connectivity index (χ4v) is 2.67. The lowest BCUT2D eigenvalue weighted by Gasteiger charge is -2.19. The summed E-state index contributed by atoms with van der Waals surface area (Å²) in [5, 5.41) is 16.3. The summed E-state index contributed by atoms with van der Waals surface area (Å²) in [6.45, 7) is 0.209. The van der Waals surface area contributed by atoms with E-state index >= 15 is 0 Å². The van der Waals surface area contributed by atoms with E-state index in [1.54, 1.807) is 24.3 Å². The topological polar surface area (TPSA) is 81.7 Å². The van der Waals surface area contributed by atoms with Crippen molar-refractivity contribution in [3.8, 4) is 0 Å². The van der Waals surface area contributed by atoms with Gasteiger partial charge in [0.25, 0.3) is 11.8 Å². The number of halogens is 1. The maximum Gasteiger partial charge on any atom is 0.261 e. The van der Waals surface area contributed by atoms with Crippen molar-refractivity contribution >= 4 is 45.8 Å². The Morgan fingerprint density at radius 1 is 1.08 bits per heavy atom. The fourth-order valence-electron chi connectivity index (χ4n) is 2.67. The molecule has 1 aliphatic heterocycles. The van der Waals surface area contributed by atoms with E-state index in [9.17, 15) is 14.7 Å². The summed E-state index contributed by atoms with van der Waals surface area (Å²) in [5.41, 5.74) is 2.64. The molecule has 0 aromatic heterocycles. The summed E-state index contributed by atoms with van der Waals surface area (Å²) < 4.78 is 6.20. The molecule has 3 N–H and O–H groups in total. The number of alkyl halides is 1. The Hall–Kier alpha value is -2.13. The highest BCUT2D eigenvalue weighted by atomic mass is 127. The molecule has 0 spiro atoms. The van der Waals surface area contributed by atoms with Gasteiger partial charge in [-0.15, -0.1) is 0 Å². The molecule has 138 valence electrons. The van der Waals surface area contributed by atoms with Crippen LogP contribution in [-0.2, 0) is 0 Å². The molecule has 2 aromatic rings. The number of rotatable bonds is 6. The van der Waals surface area contributed by atoms with Crippen LogP contribution in [0.15, 0.2) is 48.5 Å². The van der Waals surface area contributed by atoms with E-state index in [-0.39, 0.29) is 24.9 Å². The van der Waals surface area contributed by atoms with Crippen molar-refractivity contribution in [1.29, 1.82) is 0 Å². The van der Waals surface area contributed by atoms with Crippen molar-refractivity contribution in [2.75, 3.05) is 35.7 Å². The van der Waals surface area contributed by atoms with E-state index in [2.05, 4.69) is 10.6 Å². The Labute approximate surface area is 168 Å². The average Bonchev–Trinajstić information content (AvgIpc) is 2.92. The Morgan fingerprint density at radius 2 is 1.58 bits per heavy atom. The molecule has 2 amide bonds. The number of hydrogen-bond donors (Lipinski definition) is 3. The fraction of sp³-hybridized carbons (Fsp3) is 0.263. The molecule has 1 aliphatic rings. The molecule has 2 aromatic carbocycles. The van der Waals surface area contributed by atoms with E-state index in [0.29, 0.717) is 16.0 Å². The SMILES string of the molecule is CNc1ccc(NC[C@@H](O)CN2C(=O)c3ccccc3C2=O)cc1.[2H]CI. The molecular formula is C19H22IN3O3. The van der Waals surface area contributed by atoms with Crippen molar-refractivity contribution in [2.24, 2.45) is 0 Å². The Kier molecular flexibility index (Phi) is 6.84. The number of anilines is 2. The molecule has 6 nitrogen and oxygen atoms in total. The van der Waals surface area contributed by atoms with E-state index in [1.165, 1.54) is 0 Å². The number of carbonyl (C=O) groups is 2. The largest absolute Gasteiger partial charge is 0.389 e. The molecular weight excluding hydrogens is 445 g/mol. The van der Waals surface area contributed by atoms with Gasteiger partial charge in [-0.1, -0.05) is 34.7 Å². The van der Waals surface area contributed by atoms with Gasteiger partial charge in [-0.2, -0.15) is 0 Å². The molecule has 1 heterocycles. The van der Waals surface area contributed by atoms with Crippen molar-refractivity contribution < 1.29 is 16.1 Å². The number of nitrogens with one attached hydrogen (secondary N) is 2. The van der Waals surface area contributed by atoms with E-state index < -0.39 is 6.10 Å². The van der Waals surface area contributed by atoms with Gasteiger partial charge in [0.15, 0.2) is 0 Å². The Bertz CT molecular complexity index is 751. The highest BCUT2D eigenvalue weighted by Gasteiger charge is 2.35. The molecule has 0 aliphatic carbocycles. The van der Waals surface area contributed by atoms with Gasteiger partial charge in [0, 0.05) is 26.3 Å². The molecule has 0 saturated heterocycles. The van der Waals surface area contributed by atoms with E-state index in [0.717, 1.165) is 16.3 Å². The Balaban J connectivity index is 0.000000817. The normalized spacial score (nSPS) is 14.1. The van der Waals surface area contributed by atoms with Gasteiger partial charge in [0.05, 0.1) is 23.8 Å². The number of amides is 2. The first kappa shape index (κ1) is 18.7. The summed E-state index contributed by atoms with van der Waals surface area (Å²) in [6, 6.07) is 14.3. The number of benzene rings is 2. The smallest absolute Gasteiger partial charge is 0.261 e. The Morgan fingerprint density at radius 3 is 2.08 bits per heavy atom. The van der Waals surface area contributed by atoms with Gasteiger partial charge in [0.2, 0.25) is 0 Å². The number of imide groups is 1. The molecule has 26 heavy (non-hydrogen) atoms. The minimum atomic E-state index is -0.851. The van der Waals surface area contributed by atoms with Crippen LogP contribution < -0.4 is 10.6 Å². The van der Waals surface area contributed by atoms with Gasteiger partial charge < -0.3 is 15.7 Å². The van der Waals surface area contributed by atoms with Gasteiger partial charge in [-0.05, 0) is 41.3 Å². The second kappa shape index (κ2) is 9.54. The highest BCUT2D eigenvalue weighted by Crippen LogP contribution is 2.22. The van der Waals surface area contributed by atoms with Crippen LogP contribution >= 0.6 is 22.6 Å². The average molecular weight is 468 g/mol. The predicted octanol–water partition coefficient (Wildman–Crippen LogP) is 2.85. The van der Waals surface area contributed by atoms with Crippen molar-refractivity contribution in [3.63, 3.8) is 0 Å². The third kappa shape index (κ3) is 4.53. The van der Waals surface area contributed by atoms with Crippen LogP contribution in [0.4, 0.5) is 11.4 Å². The van der Waals surface area contributed by atoms with E-state index in [1.807, 2.05) is 53.9 Å². The van der Waals surface area contributed by atoms with Crippen LogP contribution in [0.2, 0.25) is 0 Å². The lowest BCUT2D eigenvalue weighted by atomic mass is 10.1. The van der Waals surface area contributed by atoms with Gasteiger partial charge in [0.1, 0.15) is 0 Å². The summed E-state index contributed by atoms with van der Waals surface area (Å²) in [4.78, 5) is 26.1. The zero-order valence-corrected chi connectivity index (χ0v) is 16.6. The molecule has 0 bridgehead atoms. The first-order valence-electron chi connectivity index (χ1n) is 8.72. The van der Waals surface area contributed by atoms with Crippen LogP contribution in [0.5, 0.6) is 0 Å². The summed E-state index contributed by atoms with van der Waals surface area (Å²) in [6.07, 6.45) is -0.851. The highest BCUT2D eigenvalue weighted by molar-refractivity contribution is 14.1. The molecule has 0 fully saturated rings. The monoisotopic (exact) mass is 468 g/mol. The van der Waals surface area contributed by atoms with Crippen LogP contribution in [-0.4, -0.2) is 53.0 Å². The van der Waals surface area contributed by atoms with Crippen molar-refractivity contribution in [3.05, 3.63) is 59.7 Å². The van der Waals surface area contributed by atoms with Crippen LogP contribution in [0, 0.1) is 0 Å². The third-order valence-electron chi connectivity index (χ3n) is 3.99. The molecule has 0 unspecified atom stereocenters. The minimum absolute atomic E-state index is 0.0338. The zero-order chi connectivity index (χ0) is 19.8. The number of nitrogens with zero attached hydrogens (tertiary/aromatic N) is 1. The lowest BCUT2D eigenvalue weighted by molar-refractivity contribution is 0.0558. The minimum Gasteiger partial charge on any atom is -0.389 e. The van der Waals surface area contributed by atoms with Gasteiger partial charge in [-0.25, -0.2) is 0 Å². The van der Waals surface area contributed by atoms with E-state index in [4.69, 9.17) is 1.37 Å². The number of aliphatic hydroxyl groups excluding tert-OH is 1. The number of fused-ring (bicyclic) bond motifs is 1. The molecule has 7 heteroatoms. The summed E-state index contributed by atoms with van der Waals surface area (Å²) in [7, 11) is 1.84. The number of hydrogen-bond acceptors (Lipinski definition) is 5. The summed E-state index contributed by atoms with van der Waals surface area (Å²) in [5.74, 6) is -0.707. The molecule has 0 radical (unpaired) electrons. The molecule has 1 atom stereocenters. The number of β-amino-alcohol motifs (C(OH)–C–C–N with tert-alkyl or cyclic N) is 1. The van der Waals surface area contributed by atoms with Crippen LogP contribution in [0.1, 0.15) is 22.1 Å². The number of carbonyl (C=O) groups excluding carboxylic acids is 2. The second-order valence-electron chi connectivity index (χ2n) is 5.63. The second-order valence-corrected chi connectivity index (χ2v) is 5.63. The van der Waals surface area contributed by atoms with Gasteiger partial charge in [-0.3, -0.25) is 14.5 Å². The third-order valence-corrected chi connectivity index (χ3v) is 3.99. The van der Waals surface area contributed by atoms with Crippen molar-refractivity contribution in [2.45, 2.75) is 6.10 Å². The summed E-state index contributed by atoms with van der Waals surface area (Å²) >= 11 is 1.96. The maximum atomic E-state index is 12.3. The first-order chi connectivity index (χ1) is 13.0. The quantitative estimate of drug-likeness (QED) is 0.345. The van der Waals surface area contributed by atoms with Crippen LogP contribution in [0.3, 0.4) is 0 Å². The van der Waals surface area contributed by atoms with Crippen molar-refractivity contribution in [1.82, 2.24) is 4.90 Å². The number of aliphatic hydroxyl groups is 1. The molecule has 3 rings (SSSR count).